The number of carboxylic acids is 1. The molecule has 21 heavy (non-hydrogen) atoms. The Kier molecular flexibility index (Phi) is 3.44. The van der Waals surface area contributed by atoms with E-state index in [9.17, 15) is 4.79 Å². The summed E-state index contributed by atoms with van der Waals surface area (Å²) in [6.07, 6.45) is 1.93. The predicted molar refractivity (Wildman–Crippen MR) is 82.2 cm³/mol. The molecule has 2 aromatic carbocycles. The van der Waals surface area contributed by atoms with Crippen molar-refractivity contribution in [2.45, 2.75) is 6.54 Å². The number of rotatable bonds is 2. The van der Waals surface area contributed by atoms with Crippen molar-refractivity contribution in [1.82, 2.24) is 4.57 Å². The van der Waals surface area contributed by atoms with Crippen LogP contribution in [0, 0.1) is 11.8 Å². The van der Waals surface area contributed by atoms with Crippen molar-refractivity contribution in [2.75, 3.05) is 0 Å². The van der Waals surface area contributed by atoms with Crippen molar-refractivity contribution < 1.29 is 9.90 Å². The minimum Gasteiger partial charge on any atom is -0.478 e. The second kappa shape index (κ2) is 5.56. The van der Waals surface area contributed by atoms with Crippen molar-refractivity contribution in [3.63, 3.8) is 0 Å². The molecular formula is C18H13NO2. The Bertz CT molecular complexity index is 851. The molecule has 0 spiro atoms. The molecule has 0 saturated heterocycles. The SMILES string of the molecule is O=C(O)c1ccc2ccn(CC#Cc3ccccc3)c2c1. The van der Waals surface area contributed by atoms with Crippen LogP contribution < -0.4 is 0 Å². The summed E-state index contributed by atoms with van der Waals surface area (Å²) in [5.74, 6) is 5.29. The molecule has 1 aromatic heterocycles. The lowest BCUT2D eigenvalue weighted by Gasteiger charge is -2.01. The summed E-state index contributed by atoms with van der Waals surface area (Å²) in [5.41, 5.74) is 2.15. The van der Waals surface area contributed by atoms with Gasteiger partial charge in [0.15, 0.2) is 0 Å². The third-order valence-electron chi connectivity index (χ3n) is 3.28. The summed E-state index contributed by atoms with van der Waals surface area (Å²) in [7, 11) is 0. The molecule has 1 heterocycles. The average Bonchev–Trinajstić information content (AvgIpc) is 2.91. The van der Waals surface area contributed by atoms with Gasteiger partial charge in [-0.3, -0.25) is 0 Å². The van der Waals surface area contributed by atoms with Crippen LogP contribution in [0.2, 0.25) is 0 Å². The van der Waals surface area contributed by atoms with Crippen molar-refractivity contribution >= 4 is 16.9 Å². The van der Waals surface area contributed by atoms with Crippen LogP contribution in [0.5, 0.6) is 0 Å². The van der Waals surface area contributed by atoms with E-state index in [0.29, 0.717) is 12.1 Å². The van der Waals surface area contributed by atoms with Crippen LogP contribution in [0.25, 0.3) is 10.9 Å². The molecular weight excluding hydrogens is 262 g/mol. The highest BCUT2D eigenvalue weighted by Gasteiger charge is 2.06. The van der Waals surface area contributed by atoms with Gasteiger partial charge < -0.3 is 9.67 Å². The number of carbonyl (C=O) groups is 1. The number of fused-ring (bicyclic) bond motifs is 1. The molecule has 0 amide bonds. The zero-order valence-corrected chi connectivity index (χ0v) is 11.3. The van der Waals surface area contributed by atoms with Crippen molar-refractivity contribution in [2.24, 2.45) is 0 Å². The number of hydrogen-bond acceptors (Lipinski definition) is 1. The van der Waals surface area contributed by atoms with E-state index in [-0.39, 0.29) is 0 Å². The molecule has 0 aliphatic carbocycles. The highest BCUT2D eigenvalue weighted by atomic mass is 16.4. The predicted octanol–water partition coefficient (Wildman–Crippen LogP) is 3.39. The lowest BCUT2D eigenvalue weighted by Crippen LogP contribution is -1.98. The quantitative estimate of drug-likeness (QED) is 0.728. The zero-order chi connectivity index (χ0) is 14.7. The smallest absolute Gasteiger partial charge is 0.335 e. The van der Waals surface area contributed by atoms with Gasteiger partial charge in [0.05, 0.1) is 12.1 Å². The van der Waals surface area contributed by atoms with E-state index >= 15 is 0 Å². The first-order valence-electron chi connectivity index (χ1n) is 6.60. The van der Waals surface area contributed by atoms with E-state index in [1.54, 1.807) is 12.1 Å². The van der Waals surface area contributed by atoms with Crippen LogP contribution in [0.4, 0.5) is 0 Å². The number of aromatic carboxylic acids is 1. The van der Waals surface area contributed by atoms with Gasteiger partial charge in [0.25, 0.3) is 0 Å². The third kappa shape index (κ3) is 2.80. The van der Waals surface area contributed by atoms with Crippen LogP contribution in [-0.2, 0) is 6.54 Å². The molecule has 0 saturated carbocycles. The minimum atomic E-state index is -0.917. The van der Waals surface area contributed by atoms with Gasteiger partial charge in [-0.2, -0.15) is 0 Å². The normalized spacial score (nSPS) is 10.1. The van der Waals surface area contributed by atoms with Crippen LogP contribution >= 0.6 is 0 Å². The summed E-state index contributed by atoms with van der Waals surface area (Å²) in [6, 6.07) is 16.9. The number of carboxylic acid groups (broad SMARTS) is 1. The Balaban J connectivity index is 1.89. The van der Waals surface area contributed by atoms with Crippen LogP contribution in [0.1, 0.15) is 15.9 Å². The maximum Gasteiger partial charge on any atom is 0.335 e. The molecule has 102 valence electrons. The van der Waals surface area contributed by atoms with E-state index in [1.165, 1.54) is 0 Å². The Morgan fingerprint density at radius 2 is 1.90 bits per heavy atom. The molecule has 3 rings (SSSR count). The average molecular weight is 275 g/mol. The van der Waals surface area contributed by atoms with Gasteiger partial charge in [0.2, 0.25) is 0 Å². The van der Waals surface area contributed by atoms with Gasteiger partial charge in [0, 0.05) is 17.3 Å². The Morgan fingerprint density at radius 1 is 1.10 bits per heavy atom. The fourth-order valence-corrected chi connectivity index (χ4v) is 2.20. The Morgan fingerprint density at radius 3 is 2.67 bits per heavy atom. The molecule has 0 radical (unpaired) electrons. The van der Waals surface area contributed by atoms with Gasteiger partial charge in [-0.1, -0.05) is 36.1 Å². The number of hydrogen-bond donors (Lipinski definition) is 1. The maximum atomic E-state index is 11.0. The molecule has 0 bridgehead atoms. The molecule has 1 N–H and O–H groups in total. The first-order valence-corrected chi connectivity index (χ1v) is 6.60. The van der Waals surface area contributed by atoms with Crippen molar-refractivity contribution in [3.05, 3.63) is 71.9 Å². The second-order valence-electron chi connectivity index (χ2n) is 4.69. The van der Waals surface area contributed by atoms with Gasteiger partial charge >= 0.3 is 5.97 Å². The summed E-state index contributed by atoms with van der Waals surface area (Å²) >= 11 is 0. The lowest BCUT2D eigenvalue weighted by molar-refractivity contribution is 0.0697. The first kappa shape index (κ1) is 13.0. The Hall–Kier alpha value is -2.99. The fraction of sp³-hybridized carbons (Fsp3) is 0.0556. The van der Waals surface area contributed by atoms with E-state index in [2.05, 4.69) is 11.8 Å². The summed E-state index contributed by atoms with van der Waals surface area (Å²) in [5, 5.41) is 10.1. The number of nitrogens with zero attached hydrogens (tertiary/aromatic N) is 1. The van der Waals surface area contributed by atoms with E-state index in [1.807, 2.05) is 53.2 Å². The monoisotopic (exact) mass is 275 g/mol. The second-order valence-corrected chi connectivity index (χ2v) is 4.69. The largest absolute Gasteiger partial charge is 0.478 e. The van der Waals surface area contributed by atoms with E-state index in [0.717, 1.165) is 16.5 Å². The molecule has 3 nitrogen and oxygen atoms in total. The van der Waals surface area contributed by atoms with E-state index in [4.69, 9.17) is 5.11 Å². The third-order valence-corrected chi connectivity index (χ3v) is 3.28. The van der Waals surface area contributed by atoms with Crippen molar-refractivity contribution in [3.8, 4) is 11.8 Å². The standard InChI is InChI=1S/C18H13NO2/c20-18(21)16-9-8-15-10-12-19(17(15)13-16)11-4-7-14-5-2-1-3-6-14/h1-3,5-6,8-10,12-13H,11H2,(H,20,21). The van der Waals surface area contributed by atoms with E-state index < -0.39 is 5.97 Å². The van der Waals surface area contributed by atoms with Crippen LogP contribution in [-0.4, -0.2) is 15.6 Å². The molecule has 0 fully saturated rings. The molecule has 0 atom stereocenters. The number of aromatic nitrogens is 1. The van der Waals surface area contributed by atoms with Crippen LogP contribution in [0.3, 0.4) is 0 Å². The Labute approximate surface area is 122 Å². The summed E-state index contributed by atoms with van der Waals surface area (Å²) in [4.78, 5) is 11.0. The fourth-order valence-electron chi connectivity index (χ4n) is 2.20. The molecule has 3 heteroatoms. The topological polar surface area (TPSA) is 42.2 Å². The summed E-state index contributed by atoms with van der Waals surface area (Å²) < 4.78 is 1.96. The highest BCUT2D eigenvalue weighted by Crippen LogP contribution is 2.17. The number of benzene rings is 2. The minimum absolute atomic E-state index is 0.290. The van der Waals surface area contributed by atoms with Gasteiger partial charge in [-0.25, -0.2) is 4.79 Å². The molecule has 0 aliphatic rings. The zero-order valence-electron chi connectivity index (χ0n) is 11.3. The highest BCUT2D eigenvalue weighted by molar-refractivity contribution is 5.93. The summed E-state index contributed by atoms with van der Waals surface area (Å²) in [6.45, 7) is 0.529. The maximum absolute atomic E-state index is 11.0. The first-order chi connectivity index (χ1) is 10.2. The van der Waals surface area contributed by atoms with Gasteiger partial charge in [-0.05, 0) is 35.7 Å². The van der Waals surface area contributed by atoms with Gasteiger partial charge in [-0.15, -0.1) is 0 Å². The van der Waals surface area contributed by atoms with Crippen molar-refractivity contribution in [1.29, 1.82) is 0 Å². The molecule has 0 unspecified atom stereocenters. The van der Waals surface area contributed by atoms with Gasteiger partial charge in [0.1, 0.15) is 0 Å². The lowest BCUT2D eigenvalue weighted by atomic mass is 10.1. The van der Waals surface area contributed by atoms with Crippen LogP contribution in [0.15, 0.2) is 60.8 Å². The molecule has 0 aliphatic heterocycles. The molecule has 3 aromatic rings.